The maximum absolute atomic E-state index is 11.5. The van der Waals surface area contributed by atoms with Gasteiger partial charge >= 0.3 is 5.97 Å². The molecule has 32 heavy (non-hydrogen) atoms. The number of carboxylic acids is 1. The SMILES string of the molecule is CCCOc1ccc(-c2cc(C(=O)O)c3ccccc3n2)cc1.NCCc1ccccc1. The summed E-state index contributed by atoms with van der Waals surface area (Å²) < 4.78 is 5.56. The zero-order valence-corrected chi connectivity index (χ0v) is 18.2. The Balaban J connectivity index is 0.000000269. The molecule has 5 nitrogen and oxygen atoms in total. The van der Waals surface area contributed by atoms with Crippen LogP contribution in [0.25, 0.3) is 22.2 Å². The predicted octanol–water partition coefficient (Wildman–Crippen LogP) is 5.58. The number of rotatable bonds is 7. The Morgan fingerprint density at radius 2 is 1.66 bits per heavy atom. The monoisotopic (exact) mass is 428 g/mol. The van der Waals surface area contributed by atoms with E-state index in [9.17, 15) is 9.90 Å². The van der Waals surface area contributed by atoms with Crippen molar-refractivity contribution in [2.24, 2.45) is 5.73 Å². The van der Waals surface area contributed by atoms with Crippen LogP contribution in [0.4, 0.5) is 0 Å². The van der Waals surface area contributed by atoms with Crippen molar-refractivity contribution in [3.8, 4) is 17.0 Å². The van der Waals surface area contributed by atoms with Crippen LogP contribution in [0.5, 0.6) is 5.75 Å². The highest BCUT2D eigenvalue weighted by atomic mass is 16.5. The van der Waals surface area contributed by atoms with E-state index in [4.69, 9.17) is 10.5 Å². The van der Waals surface area contributed by atoms with Gasteiger partial charge in [-0.05, 0) is 61.3 Å². The van der Waals surface area contributed by atoms with Crippen molar-refractivity contribution in [2.75, 3.05) is 13.2 Å². The fourth-order valence-corrected chi connectivity index (χ4v) is 3.25. The Kier molecular flexibility index (Phi) is 8.35. The molecule has 5 heteroatoms. The Morgan fingerprint density at radius 3 is 2.31 bits per heavy atom. The van der Waals surface area contributed by atoms with E-state index in [0.29, 0.717) is 23.2 Å². The Morgan fingerprint density at radius 1 is 0.969 bits per heavy atom. The van der Waals surface area contributed by atoms with Crippen molar-refractivity contribution >= 4 is 16.9 Å². The summed E-state index contributed by atoms with van der Waals surface area (Å²) in [5.74, 6) is -0.150. The molecule has 0 spiro atoms. The number of para-hydroxylation sites is 1. The van der Waals surface area contributed by atoms with Gasteiger partial charge in [0.2, 0.25) is 0 Å². The van der Waals surface area contributed by atoms with Crippen molar-refractivity contribution in [1.29, 1.82) is 0 Å². The molecule has 0 bridgehead atoms. The fraction of sp³-hybridized carbons (Fsp3) is 0.185. The smallest absolute Gasteiger partial charge is 0.336 e. The van der Waals surface area contributed by atoms with Gasteiger partial charge in [0.15, 0.2) is 0 Å². The molecule has 0 saturated carbocycles. The molecule has 3 aromatic carbocycles. The first-order valence-corrected chi connectivity index (χ1v) is 10.7. The molecule has 0 fully saturated rings. The molecular weight excluding hydrogens is 400 g/mol. The first kappa shape index (κ1) is 23.0. The number of carboxylic acid groups (broad SMARTS) is 1. The molecule has 4 aromatic rings. The third-order valence-electron chi connectivity index (χ3n) is 4.85. The van der Waals surface area contributed by atoms with Gasteiger partial charge in [0, 0.05) is 10.9 Å². The maximum atomic E-state index is 11.5. The summed E-state index contributed by atoms with van der Waals surface area (Å²) in [5, 5.41) is 10.1. The molecule has 0 aliphatic heterocycles. The highest BCUT2D eigenvalue weighted by Gasteiger charge is 2.12. The molecule has 0 saturated heterocycles. The molecule has 0 atom stereocenters. The second-order valence-electron chi connectivity index (χ2n) is 7.27. The number of ether oxygens (including phenoxy) is 1. The Labute approximate surface area is 188 Å². The number of aromatic carboxylic acids is 1. The fourth-order valence-electron chi connectivity index (χ4n) is 3.25. The number of nitrogens with zero attached hydrogens (tertiary/aromatic N) is 1. The van der Waals surface area contributed by atoms with Crippen molar-refractivity contribution in [1.82, 2.24) is 4.98 Å². The zero-order valence-electron chi connectivity index (χ0n) is 18.2. The summed E-state index contributed by atoms with van der Waals surface area (Å²) in [7, 11) is 0. The molecule has 0 aliphatic carbocycles. The lowest BCUT2D eigenvalue weighted by atomic mass is 10.0. The largest absolute Gasteiger partial charge is 0.494 e. The van der Waals surface area contributed by atoms with E-state index >= 15 is 0 Å². The predicted molar refractivity (Wildman–Crippen MR) is 129 cm³/mol. The number of benzene rings is 3. The quantitative estimate of drug-likeness (QED) is 0.401. The third-order valence-corrected chi connectivity index (χ3v) is 4.85. The summed E-state index contributed by atoms with van der Waals surface area (Å²) >= 11 is 0. The van der Waals surface area contributed by atoms with Crippen LogP contribution in [0.2, 0.25) is 0 Å². The number of hydrogen-bond donors (Lipinski definition) is 2. The highest BCUT2D eigenvalue weighted by molar-refractivity contribution is 6.03. The van der Waals surface area contributed by atoms with Crippen LogP contribution in [0.1, 0.15) is 29.3 Å². The number of fused-ring (bicyclic) bond motifs is 1. The van der Waals surface area contributed by atoms with Crippen molar-refractivity contribution in [3.05, 3.63) is 96.1 Å². The minimum Gasteiger partial charge on any atom is -0.494 e. The summed E-state index contributed by atoms with van der Waals surface area (Å²) in [5.41, 5.74) is 9.12. The van der Waals surface area contributed by atoms with Crippen LogP contribution in [0.3, 0.4) is 0 Å². The van der Waals surface area contributed by atoms with Gasteiger partial charge < -0.3 is 15.6 Å². The lowest BCUT2D eigenvalue weighted by Crippen LogP contribution is -2.01. The normalized spacial score (nSPS) is 10.3. The number of pyridine rings is 1. The minimum absolute atomic E-state index is 0.261. The van der Waals surface area contributed by atoms with E-state index in [1.54, 1.807) is 12.1 Å². The molecule has 4 rings (SSSR count). The van der Waals surface area contributed by atoms with Crippen molar-refractivity contribution in [2.45, 2.75) is 19.8 Å². The molecule has 1 aromatic heterocycles. The van der Waals surface area contributed by atoms with Gasteiger partial charge in [-0.25, -0.2) is 9.78 Å². The molecule has 1 heterocycles. The van der Waals surface area contributed by atoms with E-state index < -0.39 is 5.97 Å². The van der Waals surface area contributed by atoms with Gasteiger partial charge in [-0.3, -0.25) is 0 Å². The number of hydrogen-bond acceptors (Lipinski definition) is 4. The Bertz CT molecular complexity index is 1140. The van der Waals surface area contributed by atoms with Crippen molar-refractivity contribution in [3.63, 3.8) is 0 Å². The van der Waals surface area contributed by atoms with Gasteiger partial charge in [-0.2, -0.15) is 0 Å². The summed E-state index contributed by atoms with van der Waals surface area (Å²) in [4.78, 5) is 16.1. The topological polar surface area (TPSA) is 85.4 Å². The van der Waals surface area contributed by atoms with Crippen LogP contribution < -0.4 is 10.5 Å². The molecule has 0 amide bonds. The Hall–Kier alpha value is -3.70. The van der Waals surface area contributed by atoms with Gasteiger partial charge in [0.05, 0.1) is 23.4 Å². The molecular formula is C27H28N2O3. The van der Waals surface area contributed by atoms with E-state index in [1.807, 2.05) is 60.7 Å². The minimum atomic E-state index is -0.951. The highest BCUT2D eigenvalue weighted by Crippen LogP contribution is 2.26. The molecule has 0 unspecified atom stereocenters. The van der Waals surface area contributed by atoms with Gasteiger partial charge in [0.25, 0.3) is 0 Å². The van der Waals surface area contributed by atoms with Crippen LogP contribution in [0.15, 0.2) is 84.9 Å². The van der Waals surface area contributed by atoms with Crippen LogP contribution in [0, 0.1) is 0 Å². The average Bonchev–Trinajstić information content (AvgIpc) is 2.83. The van der Waals surface area contributed by atoms with Crippen molar-refractivity contribution < 1.29 is 14.6 Å². The summed E-state index contributed by atoms with van der Waals surface area (Å²) in [6.07, 6.45) is 1.94. The van der Waals surface area contributed by atoms with E-state index in [2.05, 4.69) is 24.0 Å². The van der Waals surface area contributed by atoms with Gasteiger partial charge in [-0.15, -0.1) is 0 Å². The second-order valence-corrected chi connectivity index (χ2v) is 7.27. The van der Waals surface area contributed by atoms with Crippen LogP contribution in [-0.2, 0) is 6.42 Å². The third kappa shape index (κ3) is 6.15. The molecule has 164 valence electrons. The zero-order chi connectivity index (χ0) is 22.8. The number of nitrogens with two attached hydrogens (primary N) is 1. The first-order valence-electron chi connectivity index (χ1n) is 10.7. The number of carbonyl (C=O) groups is 1. The standard InChI is InChI=1S/C19H17NO3.C8H11N/c1-2-11-23-14-9-7-13(8-10-14)18-12-16(19(21)22)15-5-3-4-6-17(15)20-18;9-7-6-8-4-2-1-3-5-8/h3-10,12H,2,11H2,1H3,(H,21,22);1-5H,6-7,9H2. The molecule has 0 radical (unpaired) electrons. The average molecular weight is 429 g/mol. The first-order chi connectivity index (χ1) is 15.6. The number of aromatic nitrogens is 1. The van der Waals surface area contributed by atoms with Crippen LogP contribution in [-0.4, -0.2) is 29.2 Å². The van der Waals surface area contributed by atoms with E-state index in [0.717, 1.165) is 30.7 Å². The second kappa shape index (κ2) is 11.6. The lowest BCUT2D eigenvalue weighted by molar-refractivity contribution is 0.0699. The van der Waals surface area contributed by atoms with E-state index in [1.165, 1.54) is 5.56 Å². The maximum Gasteiger partial charge on any atom is 0.336 e. The van der Waals surface area contributed by atoms with Gasteiger partial charge in [-0.1, -0.05) is 55.5 Å². The lowest BCUT2D eigenvalue weighted by Gasteiger charge is -2.08. The molecule has 3 N–H and O–H groups in total. The summed E-state index contributed by atoms with van der Waals surface area (Å²) in [6, 6.07) is 26.7. The van der Waals surface area contributed by atoms with Gasteiger partial charge in [0.1, 0.15) is 5.75 Å². The molecule has 0 aliphatic rings. The van der Waals surface area contributed by atoms with Crippen LogP contribution >= 0.6 is 0 Å². The van der Waals surface area contributed by atoms with E-state index in [-0.39, 0.29) is 5.56 Å². The summed E-state index contributed by atoms with van der Waals surface area (Å²) in [6.45, 7) is 3.47.